The number of carbonyl (C=O) groups excluding carboxylic acids is 1. The van der Waals surface area contributed by atoms with Crippen molar-refractivity contribution in [3.63, 3.8) is 0 Å². The van der Waals surface area contributed by atoms with Crippen LogP contribution in [-0.2, 0) is 14.3 Å². The summed E-state index contributed by atoms with van der Waals surface area (Å²) in [5.41, 5.74) is 0.430. The van der Waals surface area contributed by atoms with Gasteiger partial charge in [0, 0.05) is 5.02 Å². The van der Waals surface area contributed by atoms with Crippen molar-refractivity contribution in [1.82, 2.24) is 5.32 Å². The number of amides is 1. The molecule has 1 heterocycles. The Kier molecular flexibility index (Phi) is 4.73. The monoisotopic (exact) mass is 319 g/mol. The summed E-state index contributed by atoms with van der Waals surface area (Å²) in [5.74, 6) is -0.971. The molecule has 0 saturated carbocycles. The molecule has 1 aromatic carbocycles. The van der Waals surface area contributed by atoms with Crippen molar-refractivity contribution in [2.45, 2.75) is 13.0 Å². The number of rotatable bonds is 3. The van der Waals surface area contributed by atoms with Crippen LogP contribution in [0.1, 0.15) is 18.5 Å². The molecule has 1 aliphatic heterocycles. The Morgan fingerprint density at radius 2 is 2.10 bits per heavy atom. The number of ether oxygens (including phenoxy) is 2. The lowest BCUT2D eigenvalue weighted by Crippen LogP contribution is -2.30. The highest BCUT2D eigenvalue weighted by atomic mass is 35.5. The summed E-state index contributed by atoms with van der Waals surface area (Å²) >= 11 is 11.6. The number of nitrogens with one attached hydrogen (secondary N) is 1. The van der Waals surface area contributed by atoms with E-state index < -0.39 is 17.8 Å². The highest BCUT2D eigenvalue weighted by molar-refractivity contribution is 6.35. The molecule has 108 valence electrons. The Morgan fingerprint density at radius 1 is 1.35 bits per heavy atom. The van der Waals surface area contributed by atoms with Gasteiger partial charge in [0.25, 0.3) is 5.91 Å². The summed E-state index contributed by atoms with van der Waals surface area (Å²) in [6, 6.07) is 1.99. The molecule has 1 aromatic rings. The summed E-state index contributed by atoms with van der Waals surface area (Å²) in [5, 5.41) is 2.86. The van der Waals surface area contributed by atoms with E-state index in [2.05, 4.69) is 5.32 Å². The molecule has 1 unspecified atom stereocenters. The number of halogens is 3. The van der Waals surface area contributed by atoms with Gasteiger partial charge in [0.15, 0.2) is 0 Å². The van der Waals surface area contributed by atoms with E-state index in [1.54, 1.807) is 6.92 Å². The quantitative estimate of drug-likeness (QED) is 0.870. The second-order valence-electron chi connectivity index (χ2n) is 4.18. The van der Waals surface area contributed by atoms with Crippen molar-refractivity contribution in [3.05, 3.63) is 45.6 Å². The second-order valence-corrected chi connectivity index (χ2v) is 5.00. The van der Waals surface area contributed by atoms with Crippen LogP contribution in [0, 0.1) is 5.82 Å². The molecule has 0 fully saturated rings. The first-order valence-corrected chi connectivity index (χ1v) is 6.64. The maximum atomic E-state index is 13.5. The molecule has 0 radical (unpaired) electrons. The van der Waals surface area contributed by atoms with Crippen LogP contribution in [0.25, 0.3) is 0 Å². The van der Waals surface area contributed by atoms with Gasteiger partial charge in [-0.2, -0.15) is 0 Å². The SMILES string of the molecule is CC(NC(=O)C1=COCCO1)c1cc(F)c(Cl)cc1Cl. The first-order valence-electron chi connectivity index (χ1n) is 5.89. The smallest absolute Gasteiger partial charge is 0.290 e. The Labute approximate surface area is 125 Å². The third kappa shape index (κ3) is 3.35. The number of carbonyl (C=O) groups is 1. The Balaban J connectivity index is 2.12. The zero-order chi connectivity index (χ0) is 14.7. The van der Waals surface area contributed by atoms with E-state index in [-0.39, 0.29) is 15.8 Å². The standard InChI is InChI=1S/C13H12Cl2FNO3/c1-7(8-4-11(16)10(15)5-9(8)14)17-13(18)12-6-19-2-3-20-12/h4-7H,2-3H2,1H3,(H,17,18). The fourth-order valence-corrected chi connectivity index (χ4v) is 2.25. The normalized spacial score (nSPS) is 15.7. The first-order chi connectivity index (χ1) is 9.49. The van der Waals surface area contributed by atoms with Gasteiger partial charge in [-0.25, -0.2) is 4.39 Å². The summed E-state index contributed by atoms with van der Waals surface area (Å²) in [6.45, 7) is 2.39. The van der Waals surface area contributed by atoms with Gasteiger partial charge in [0.05, 0.1) is 11.1 Å². The van der Waals surface area contributed by atoms with E-state index in [4.69, 9.17) is 32.7 Å². The lowest BCUT2D eigenvalue weighted by Gasteiger charge is -2.19. The summed E-state index contributed by atoms with van der Waals surface area (Å²) < 4.78 is 23.6. The topological polar surface area (TPSA) is 47.6 Å². The lowest BCUT2D eigenvalue weighted by atomic mass is 10.1. The molecule has 0 spiro atoms. The zero-order valence-corrected chi connectivity index (χ0v) is 12.1. The highest BCUT2D eigenvalue weighted by Gasteiger charge is 2.20. The molecule has 1 atom stereocenters. The Morgan fingerprint density at radius 3 is 2.75 bits per heavy atom. The van der Waals surface area contributed by atoms with Crippen molar-refractivity contribution in [1.29, 1.82) is 0 Å². The van der Waals surface area contributed by atoms with E-state index >= 15 is 0 Å². The van der Waals surface area contributed by atoms with Crippen LogP contribution in [0.5, 0.6) is 0 Å². The average Bonchev–Trinajstić information content (AvgIpc) is 2.43. The molecule has 0 aliphatic carbocycles. The van der Waals surface area contributed by atoms with Crippen molar-refractivity contribution >= 4 is 29.1 Å². The van der Waals surface area contributed by atoms with Gasteiger partial charge < -0.3 is 14.8 Å². The van der Waals surface area contributed by atoms with E-state index in [1.807, 2.05) is 0 Å². The van der Waals surface area contributed by atoms with Gasteiger partial charge in [-0.15, -0.1) is 0 Å². The summed E-state index contributed by atoms with van der Waals surface area (Å²) in [7, 11) is 0. The molecule has 4 nitrogen and oxygen atoms in total. The minimum absolute atomic E-state index is 0.0657. The first kappa shape index (κ1) is 14.9. The number of hydrogen-bond acceptors (Lipinski definition) is 3. The predicted molar refractivity (Wildman–Crippen MR) is 73.0 cm³/mol. The van der Waals surface area contributed by atoms with Crippen LogP contribution >= 0.6 is 23.2 Å². The molecule has 20 heavy (non-hydrogen) atoms. The van der Waals surface area contributed by atoms with Crippen LogP contribution in [0.4, 0.5) is 4.39 Å². The second kappa shape index (κ2) is 6.33. The molecule has 1 aliphatic rings. The molecule has 0 saturated heterocycles. The molecule has 1 amide bonds. The fourth-order valence-electron chi connectivity index (χ4n) is 1.70. The van der Waals surface area contributed by atoms with Crippen LogP contribution in [0.2, 0.25) is 10.0 Å². The fraction of sp³-hybridized carbons (Fsp3) is 0.308. The number of benzene rings is 1. The molecule has 7 heteroatoms. The van der Waals surface area contributed by atoms with Crippen molar-refractivity contribution < 1.29 is 18.7 Å². The third-order valence-electron chi connectivity index (χ3n) is 2.73. The third-order valence-corrected chi connectivity index (χ3v) is 3.34. The van der Waals surface area contributed by atoms with Gasteiger partial charge in [-0.05, 0) is 24.6 Å². The lowest BCUT2D eigenvalue weighted by molar-refractivity contribution is -0.122. The van der Waals surface area contributed by atoms with Crippen LogP contribution in [0.3, 0.4) is 0 Å². The van der Waals surface area contributed by atoms with Crippen LogP contribution in [0.15, 0.2) is 24.2 Å². The molecule has 1 N–H and O–H groups in total. The van der Waals surface area contributed by atoms with E-state index in [1.165, 1.54) is 18.4 Å². The maximum Gasteiger partial charge on any atom is 0.290 e. The van der Waals surface area contributed by atoms with Gasteiger partial charge in [-0.1, -0.05) is 23.2 Å². The molecular weight excluding hydrogens is 308 g/mol. The molecular formula is C13H12Cl2FNO3. The van der Waals surface area contributed by atoms with Crippen molar-refractivity contribution in [2.24, 2.45) is 0 Å². The Bertz CT molecular complexity index is 563. The number of hydrogen-bond donors (Lipinski definition) is 1. The van der Waals surface area contributed by atoms with Gasteiger partial charge >= 0.3 is 0 Å². The van der Waals surface area contributed by atoms with Crippen LogP contribution in [-0.4, -0.2) is 19.1 Å². The summed E-state index contributed by atoms with van der Waals surface area (Å²) in [4.78, 5) is 11.9. The van der Waals surface area contributed by atoms with Gasteiger partial charge in [0.1, 0.15) is 25.3 Å². The van der Waals surface area contributed by atoms with Gasteiger partial charge in [-0.3, -0.25) is 4.79 Å². The van der Waals surface area contributed by atoms with E-state index in [0.717, 1.165) is 0 Å². The average molecular weight is 320 g/mol. The molecule has 0 aromatic heterocycles. The van der Waals surface area contributed by atoms with E-state index in [9.17, 15) is 9.18 Å². The van der Waals surface area contributed by atoms with Gasteiger partial charge in [0.2, 0.25) is 5.76 Å². The summed E-state index contributed by atoms with van der Waals surface area (Å²) in [6.07, 6.45) is 1.25. The maximum absolute atomic E-state index is 13.5. The largest absolute Gasteiger partial charge is 0.494 e. The Hall–Kier alpha value is -1.46. The zero-order valence-electron chi connectivity index (χ0n) is 10.6. The molecule has 2 rings (SSSR count). The minimum atomic E-state index is -0.594. The van der Waals surface area contributed by atoms with Crippen molar-refractivity contribution in [3.8, 4) is 0 Å². The minimum Gasteiger partial charge on any atom is -0.494 e. The van der Waals surface area contributed by atoms with E-state index in [0.29, 0.717) is 18.8 Å². The molecule has 0 bridgehead atoms. The predicted octanol–water partition coefficient (Wildman–Crippen LogP) is 3.20. The van der Waals surface area contributed by atoms with Crippen molar-refractivity contribution in [2.75, 3.05) is 13.2 Å². The highest BCUT2D eigenvalue weighted by Crippen LogP contribution is 2.28. The van der Waals surface area contributed by atoms with Crippen LogP contribution < -0.4 is 5.32 Å².